The molecule has 0 bridgehead atoms. The van der Waals surface area contributed by atoms with Gasteiger partial charge in [0.25, 0.3) is 0 Å². The SMILES string of the molecule is COCC(O)CN(C)CCC(=O)Nc1ccc(Cl)cc1F. The summed E-state index contributed by atoms with van der Waals surface area (Å²) in [6.45, 7) is 1.09. The van der Waals surface area contributed by atoms with Crippen LogP contribution in [0.15, 0.2) is 18.2 Å². The summed E-state index contributed by atoms with van der Waals surface area (Å²) in [5.74, 6) is -0.871. The van der Waals surface area contributed by atoms with E-state index in [0.717, 1.165) is 6.07 Å². The summed E-state index contributed by atoms with van der Waals surface area (Å²) >= 11 is 5.64. The number of hydrogen-bond acceptors (Lipinski definition) is 4. The first-order valence-corrected chi connectivity index (χ1v) is 6.90. The van der Waals surface area contributed by atoms with Gasteiger partial charge in [-0.15, -0.1) is 0 Å². The molecule has 0 fully saturated rings. The number of nitrogens with one attached hydrogen (secondary N) is 1. The van der Waals surface area contributed by atoms with Gasteiger partial charge in [0.1, 0.15) is 5.82 Å². The number of methoxy groups -OCH3 is 1. The van der Waals surface area contributed by atoms with Crippen LogP contribution in [0.25, 0.3) is 0 Å². The summed E-state index contributed by atoms with van der Waals surface area (Å²) in [5.41, 5.74) is 0.103. The fourth-order valence-electron chi connectivity index (χ4n) is 1.79. The molecule has 0 aliphatic carbocycles. The van der Waals surface area contributed by atoms with Crippen molar-refractivity contribution in [3.05, 3.63) is 29.0 Å². The third-order valence-corrected chi connectivity index (χ3v) is 3.04. The molecular formula is C14H20ClFN2O3. The van der Waals surface area contributed by atoms with Crippen LogP contribution in [-0.2, 0) is 9.53 Å². The molecular weight excluding hydrogens is 299 g/mol. The van der Waals surface area contributed by atoms with Crippen molar-refractivity contribution < 1.29 is 19.0 Å². The number of anilines is 1. The van der Waals surface area contributed by atoms with Crippen LogP contribution in [0.1, 0.15) is 6.42 Å². The minimum Gasteiger partial charge on any atom is -0.389 e. The average Bonchev–Trinajstić information content (AvgIpc) is 2.40. The molecule has 0 aliphatic heterocycles. The smallest absolute Gasteiger partial charge is 0.225 e. The van der Waals surface area contributed by atoms with Crippen LogP contribution >= 0.6 is 11.6 Å². The Hall–Kier alpha value is -1.21. The van der Waals surface area contributed by atoms with Crippen LogP contribution in [0, 0.1) is 5.82 Å². The van der Waals surface area contributed by atoms with Crippen LogP contribution in [0.4, 0.5) is 10.1 Å². The molecule has 0 saturated carbocycles. The monoisotopic (exact) mass is 318 g/mol. The van der Waals surface area contributed by atoms with Crippen molar-refractivity contribution in [3.8, 4) is 0 Å². The van der Waals surface area contributed by atoms with Crippen molar-refractivity contribution in [1.82, 2.24) is 4.90 Å². The highest BCUT2D eigenvalue weighted by Gasteiger charge is 2.11. The van der Waals surface area contributed by atoms with E-state index in [1.54, 1.807) is 7.05 Å². The number of aliphatic hydroxyl groups is 1. The van der Waals surface area contributed by atoms with Crippen LogP contribution in [0.5, 0.6) is 0 Å². The number of benzene rings is 1. The number of ether oxygens (including phenoxy) is 1. The Bertz CT molecular complexity index is 474. The lowest BCUT2D eigenvalue weighted by Gasteiger charge is -2.19. The number of likely N-dealkylation sites (N-methyl/N-ethyl adjacent to an activating group) is 1. The van der Waals surface area contributed by atoms with Gasteiger partial charge >= 0.3 is 0 Å². The van der Waals surface area contributed by atoms with Gasteiger partial charge in [0.15, 0.2) is 0 Å². The molecule has 0 aromatic heterocycles. The predicted octanol–water partition coefficient (Wildman–Crippen LogP) is 1.75. The van der Waals surface area contributed by atoms with Gasteiger partial charge in [-0.1, -0.05) is 11.6 Å². The maximum atomic E-state index is 13.5. The number of rotatable bonds is 8. The first-order valence-electron chi connectivity index (χ1n) is 6.52. The number of carbonyl (C=O) groups is 1. The fraction of sp³-hybridized carbons (Fsp3) is 0.500. The predicted molar refractivity (Wildman–Crippen MR) is 80.0 cm³/mol. The van der Waals surface area contributed by atoms with Crippen LogP contribution in [0.3, 0.4) is 0 Å². The summed E-state index contributed by atoms with van der Waals surface area (Å²) < 4.78 is 18.3. The van der Waals surface area contributed by atoms with Gasteiger partial charge in [0, 0.05) is 31.6 Å². The van der Waals surface area contributed by atoms with Crippen LogP contribution in [-0.4, -0.2) is 55.9 Å². The third-order valence-electron chi connectivity index (χ3n) is 2.81. The summed E-state index contributed by atoms with van der Waals surface area (Å²) in [4.78, 5) is 13.5. The molecule has 2 N–H and O–H groups in total. The number of aliphatic hydroxyl groups excluding tert-OH is 1. The maximum absolute atomic E-state index is 13.5. The van der Waals surface area contributed by atoms with Crippen molar-refractivity contribution >= 4 is 23.2 Å². The van der Waals surface area contributed by atoms with E-state index in [-0.39, 0.29) is 29.6 Å². The zero-order valence-electron chi connectivity index (χ0n) is 12.1. The van der Waals surface area contributed by atoms with Gasteiger partial charge in [-0.05, 0) is 25.2 Å². The molecule has 0 saturated heterocycles. The van der Waals surface area contributed by atoms with E-state index in [9.17, 15) is 14.3 Å². The Morgan fingerprint density at radius 1 is 1.57 bits per heavy atom. The highest BCUT2D eigenvalue weighted by Crippen LogP contribution is 2.18. The highest BCUT2D eigenvalue weighted by molar-refractivity contribution is 6.30. The number of nitrogens with zero attached hydrogens (tertiary/aromatic N) is 1. The lowest BCUT2D eigenvalue weighted by molar-refractivity contribution is -0.116. The average molecular weight is 319 g/mol. The lowest BCUT2D eigenvalue weighted by atomic mass is 10.2. The maximum Gasteiger partial charge on any atom is 0.225 e. The molecule has 0 radical (unpaired) electrons. The Labute approximate surface area is 128 Å². The molecule has 1 aromatic rings. The van der Waals surface area contributed by atoms with E-state index < -0.39 is 11.9 Å². The zero-order valence-corrected chi connectivity index (χ0v) is 12.9. The highest BCUT2D eigenvalue weighted by atomic mass is 35.5. The molecule has 5 nitrogen and oxygen atoms in total. The van der Waals surface area contributed by atoms with Gasteiger partial charge < -0.3 is 20.1 Å². The van der Waals surface area contributed by atoms with E-state index in [1.807, 2.05) is 4.90 Å². The van der Waals surface area contributed by atoms with E-state index in [1.165, 1.54) is 19.2 Å². The second-order valence-electron chi connectivity index (χ2n) is 4.79. The van der Waals surface area contributed by atoms with E-state index in [0.29, 0.717) is 13.1 Å². The molecule has 0 heterocycles. The molecule has 118 valence electrons. The van der Waals surface area contributed by atoms with Crippen molar-refractivity contribution in [1.29, 1.82) is 0 Å². The molecule has 1 atom stereocenters. The van der Waals surface area contributed by atoms with Gasteiger partial charge in [-0.2, -0.15) is 0 Å². The quantitative estimate of drug-likeness (QED) is 0.766. The molecule has 7 heteroatoms. The molecule has 0 spiro atoms. The Balaban J connectivity index is 2.37. The number of hydrogen-bond donors (Lipinski definition) is 2. The van der Waals surface area contributed by atoms with E-state index >= 15 is 0 Å². The van der Waals surface area contributed by atoms with Gasteiger partial charge in [0.2, 0.25) is 5.91 Å². The topological polar surface area (TPSA) is 61.8 Å². The van der Waals surface area contributed by atoms with Gasteiger partial charge in [-0.3, -0.25) is 4.79 Å². The van der Waals surface area contributed by atoms with Crippen molar-refractivity contribution in [2.75, 3.05) is 39.2 Å². The molecule has 0 aliphatic rings. The molecule has 1 unspecified atom stereocenters. The second kappa shape index (κ2) is 8.94. The summed E-state index contributed by atoms with van der Waals surface area (Å²) in [6.07, 6.45) is -0.407. The Morgan fingerprint density at radius 2 is 2.29 bits per heavy atom. The first-order chi connectivity index (χ1) is 9.92. The number of halogens is 2. The second-order valence-corrected chi connectivity index (χ2v) is 5.23. The molecule has 1 aromatic carbocycles. The molecule has 21 heavy (non-hydrogen) atoms. The Kier molecular flexibility index (Phi) is 7.60. The van der Waals surface area contributed by atoms with Crippen molar-refractivity contribution in [3.63, 3.8) is 0 Å². The minimum atomic E-state index is -0.600. The largest absolute Gasteiger partial charge is 0.389 e. The standard InChI is InChI=1S/C14H20ClFN2O3/c1-18(8-11(19)9-21-2)6-5-14(20)17-13-4-3-10(15)7-12(13)16/h3-4,7,11,19H,5-6,8-9H2,1-2H3,(H,17,20). The number of carbonyl (C=O) groups excluding carboxylic acids is 1. The first kappa shape index (κ1) is 17.8. The summed E-state index contributed by atoms with van der Waals surface area (Å²) in [6, 6.07) is 4.07. The van der Waals surface area contributed by atoms with Crippen molar-refractivity contribution in [2.24, 2.45) is 0 Å². The normalized spacial score (nSPS) is 12.5. The summed E-state index contributed by atoms with van der Waals surface area (Å²) in [7, 11) is 3.30. The van der Waals surface area contributed by atoms with Gasteiger partial charge in [-0.25, -0.2) is 4.39 Å². The zero-order chi connectivity index (χ0) is 15.8. The van der Waals surface area contributed by atoms with E-state index in [2.05, 4.69) is 5.32 Å². The molecule has 1 amide bonds. The Morgan fingerprint density at radius 3 is 2.90 bits per heavy atom. The van der Waals surface area contributed by atoms with Crippen LogP contribution < -0.4 is 5.32 Å². The number of amides is 1. The third kappa shape index (κ3) is 6.86. The van der Waals surface area contributed by atoms with E-state index in [4.69, 9.17) is 16.3 Å². The fourth-order valence-corrected chi connectivity index (χ4v) is 1.95. The lowest BCUT2D eigenvalue weighted by Crippen LogP contribution is -2.33. The molecule has 1 rings (SSSR count). The van der Waals surface area contributed by atoms with Gasteiger partial charge in [0.05, 0.1) is 18.4 Å². The summed E-state index contributed by atoms with van der Waals surface area (Å²) in [5, 5.41) is 12.3. The van der Waals surface area contributed by atoms with Crippen molar-refractivity contribution in [2.45, 2.75) is 12.5 Å². The minimum absolute atomic E-state index is 0.103. The van der Waals surface area contributed by atoms with Crippen LogP contribution in [0.2, 0.25) is 5.02 Å².